The smallest absolute Gasteiger partial charge is 0.211 e. The molecule has 1 aliphatic heterocycles. The lowest BCUT2D eigenvalue weighted by Gasteiger charge is -2.32. The number of thiophene rings is 1. The van der Waals surface area contributed by atoms with Crippen molar-refractivity contribution in [2.75, 3.05) is 19.3 Å². The molecule has 1 saturated heterocycles. The molecule has 0 spiro atoms. The minimum Gasteiger partial charge on any atom is -0.324 e. The van der Waals surface area contributed by atoms with E-state index in [0.29, 0.717) is 19.0 Å². The molecule has 0 bridgehead atoms. The van der Waals surface area contributed by atoms with Crippen molar-refractivity contribution in [3.05, 3.63) is 20.8 Å². The topological polar surface area (TPSA) is 63.4 Å². The van der Waals surface area contributed by atoms with Gasteiger partial charge in [0.1, 0.15) is 0 Å². The molecule has 1 aromatic heterocycles. The van der Waals surface area contributed by atoms with Crippen LogP contribution in [0.4, 0.5) is 0 Å². The summed E-state index contributed by atoms with van der Waals surface area (Å²) in [5.74, 6) is 0.358. The maximum Gasteiger partial charge on any atom is 0.211 e. The van der Waals surface area contributed by atoms with Crippen LogP contribution in [0, 0.1) is 5.92 Å². The van der Waals surface area contributed by atoms with E-state index in [0.717, 1.165) is 28.6 Å². The van der Waals surface area contributed by atoms with Crippen LogP contribution in [-0.4, -0.2) is 32.1 Å². The zero-order valence-electron chi connectivity index (χ0n) is 10.9. The van der Waals surface area contributed by atoms with Gasteiger partial charge in [-0.1, -0.05) is 0 Å². The molecule has 4 nitrogen and oxygen atoms in total. The molecule has 19 heavy (non-hydrogen) atoms. The van der Waals surface area contributed by atoms with Gasteiger partial charge >= 0.3 is 0 Å². The van der Waals surface area contributed by atoms with Gasteiger partial charge in [0.25, 0.3) is 0 Å². The van der Waals surface area contributed by atoms with Crippen LogP contribution in [-0.2, 0) is 10.0 Å². The number of piperidine rings is 1. The van der Waals surface area contributed by atoms with E-state index in [9.17, 15) is 8.42 Å². The second-order valence-electron chi connectivity index (χ2n) is 5.16. The summed E-state index contributed by atoms with van der Waals surface area (Å²) in [6.45, 7) is 1.26. The van der Waals surface area contributed by atoms with Crippen LogP contribution in [0.1, 0.15) is 30.9 Å². The van der Waals surface area contributed by atoms with E-state index < -0.39 is 10.0 Å². The second-order valence-corrected chi connectivity index (χ2v) is 9.43. The lowest BCUT2D eigenvalue weighted by molar-refractivity contribution is 0.247. The molecule has 0 amide bonds. The summed E-state index contributed by atoms with van der Waals surface area (Å²) in [4.78, 5) is 0. The SMILES string of the molecule is CS(=O)(=O)N1CCCC(CC(N)c2csc(Br)c2)C1. The van der Waals surface area contributed by atoms with Crippen molar-refractivity contribution in [1.29, 1.82) is 0 Å². The number of halogens is 1. The highest BCUT2D eigenvalue weighted by atomic mass is 79.9. The van der Waals surface area contributed by atoms with Gasteiger partial charge in [-0.3, -0.25) is 0 Å². The fourth-order valence-corrected chi connectivity index (χ4v) is 4.72. The van der Waals surface area contributed by atoms with Gasteiger partial charge < -0.3 is 5.73 Å². The normalized spacial score (nSPS) is 23.4. The molecule has 2 atom stereocenters. The first-order valence-corrected chi connectivity index (χ1v) is 9.83. The van der Waals surface area contributed by atoms with Gasteiger partial charge in [0.2, 0.25) is 10.0 Å². The fourth-order valence-electron chi connectivity index (χ4n) is 2.53. The summed E-state index contributed by atoms with van der Waals surface area (Å²) >= 11 is 5.07. The zero-order valence-corrected chi connectivity index (χ0v) is 14.1. The Kier molecular flexibility index (Phi) is 5.05. The van der Waals surface area contributed by atoms with E-state index >= 15 is 0 Å². The first-order chi connectivity index (χ1) is 8.86. The third-order valence-corrected chi connectivity index (χ3v) is 6.35. The Morgan fingerprint density at radius 1 is 1.63 bits per heavy atom. The predicted octanol–water partition coefficient (Wildman–Crippen LogP) is 2.57. The van der Waals surface area contributed by atoms with Crippen molar-refractivity contribution in [3.63, 3.8) is 0 Å². The van der Waals surface area contributed by atoms with Crippen LogP contribution >= 0.6 is 27.3 Å². The van der Waals surface area contributed by atoms with Crippen LogP contribution in [0.25, 0.3) is 0 Å². The van der Waals surface area contributed by atoms with Gasteiger partial charge in [-0.25, -0.2) is 12.7 Å². The van der Waals surface area contributed by atoms with Gasteiger partial charge in [-0.2, -0.15) is 0 Å². The molecule has 2 N–H and O–H groups in total. The third kappa shape index (κ3) is 4.26. The molecule has 0 saturated carbocycles. The average molecular weight is 367 g/mol. The monoisotopic (exact) mass is 366 g/mol. The molecule has 0 aromatic carbocycles. The molecule has 2 unspecified atom stereocenters. The van der Waals surface area contributed by atoms with Crippen molar-refractivity contribution >= 4 is 37.3 Å². The third-order valence-electron chi connectivity index (χ3n) is 3.55. The van der Waals surface area contributed by atoms with E-state index in [2.05, 4.69) is 21.3 Å². The predicted molar refractivity (Wildman–Crippen MR) is 82.7 cm³/mol. The molecular weight excluding hydrogens is 348 g/mol. The molecule has 2 rings (SSSR count). The number of rotatable bonds is 4. The highest BCUT2D eigenvalue weighted by Crippen LogP contribution is 2.30. The van der Waals surface area contributed by atoms with Crippen molar-refractivity contribution < 1.29 is 8.42 Å². The van der Waals surface area contributed by atoms with Crippen molar-refractivity contribution in [2.45, 2.75) is 25.3 Å². The fraction of sp³-hybridized carbons (Fsp3) is 0.667. The maximum absolute atomic E-state index is 11.6. The summed E-state index contributed by atoms with van der Waals surface area (Å²) in [5, 5.41) is 2.06. The van der Waals surface area contributed by atoms with Crippen LogP contribution in [0.5, 0.6) is 0 Å². The van der Waals surface area contributed by atoms with Gasteiger partial charge in [0, 0.05) is 19.1 Å². The highest BCUT2D eigenvalue weighted by molar-refractivity contribution is 9.11. The lowest BCUT2D eigenvalue weighted by atomic mass is 9.91. The van der Waals surface area contributed by atoms with E-state index in [-0.39, 0.29) is 6.04 Å². The Hall–Kier alpha value is 0.0500. The summed E-state index contributed by atoms with van der Waals surface area (Å²) in [6, 6.07) is 2.04. The van der Waals surface area contributed by atoms with E-state index in [1.165, 1.54) is 6.26 Å². The van der Waals surface area contributed by atoms with E-state index in [4.69, 9.17) is 5.73 Å². The highest BCUT2D eigenvalue weighted by Gasteiger charge is 2.27. The molecule has 2 heterocycles. The summed E-state index contributed by atoms with van der Waals surface area (Å²) in [5.41, 5.74) is 7.34. The van der Waals surface area contributed by atoms with Crippen molar-refractivity contribution in [2.24, 2.45) is 11.7 Å². The zero-order chi connectivity index (χ0) is 14.0. The number of hydrogen-bond acceptors (Lipinski definition) is 4. The Labute approximate surface area is 127 Å². The Bertz CT molecular complexity index is 530. The Morgan fingerprint density at radius 2 is 2.37 bits per heavy atom. The summed E-state index contributed by atoms with van der Waals surface area (Å²) < 4.78 is 25.8. The summed E-state index contributed by atoms with van der Waals surface area (Å²) in [6.07, 6.45) is 4.11. The van der Waals surface area contributed by atoms with Crippen molar-refractivity contribution in [3.8, 4) is 0 Å². The van der Waals surface area contributed by atoms with Crippen molar-refractivity contribution in [1.82, 2.24) is 4.31 Å². The number of sulfonamides is 1. The Morgan fingerprint density at radius 3 is 2.95 bits per heavy atom. The summed E-state index contributed by atoms with van der Waals surface area (Å²) in [7, 11) is -3.07. The molecule has 1 aromatic rings. The van der Waals surface area contributed by atoms with E-state index in [1.807, 2.05) is 6.07 Å². The molecule has 7 heteroatoms. The molecule has 0 aliphatic carbocycles. The van der Waals surface area contributed by atoms with E-state index in [1.54, 1.807) is 15.6 Å². The number of nitrogens with zero attached hydrogens (tertiary/aromatic N) is 1. The second kappa shape index (κ2) is 6.22. The van der Waals surface area contributed by atoms with Crippen LogP contribution in [0.2, 0.25) is 0 Å². The minimum atomic E-state index is -3.07. The first kappa shape index (κ1) is 15.4. The first-order valence-electron chi connectivity index (χ1n) is 6.31. The lowest BCUT2D eigenvalue weighted by Crippen LogP contribution is -2.40. The standard InChI is InChI=1S/C12H19BrN2O2S2/c1-19(16,17)15-4-2-3-9(7-15)5-11(14)10-6-12(13)18-8-10/h6,8-9,11H,2-5,7,14H2,1H3. The minimum absolute atomic E-state index is 0.00735. The van der Waals surface area contributed by atoms with Crippen LogP contribution < -0.4 is 5.73 Å². The van der Waals surface area contributed by atoms with Gasteiger partial charge in [0.05, 0.1) is 10.0 Å². The van der Waals surface area contributed by atoms with Gasteiger partial charge in [0.15, 0.2) is 0 Å². The number of nitrogens with two attached hydrogens (primary N) is 1. The van der Waals surface area contributed by atoms with Crippen LogP contribution in [0.15, 0.2) is 15.2 Å². The molecule has 0 radical (unpaired) electrons. The Balaban J connectivity index is 1.95. The maximum atomic E-state index is 11.6. The quantitative estimate of drug-likeness (QED) is 0.890. The molecule has 1 aliphatic rings. The average Bonchev–Trinajstić information content (AvgIpc) is 2.75. The molecule has 1 fully saturated rings. The van der Waals surface area contributed by atoms with Gasteiger partial charge in [-0.05, 0) is 58.1 Å². The van der Waals surface area contributed by atoms with Gasteiger partial charge in [-0.15, -0.1) is 11.3 Å². The largest absolute Gasteiger partial charge is 0.324 e. The number of hydrogen-bond donors (Lipinski definition) is 1. The molecule has 108 valence electrons. The molecular formula is C12H19BrN2O2S2. The van der Waals surface area contributed by atoms with Crippen LogP contribution in [0.3, 0.4) is 0 Å².